The first-order valence-electron chi connectivity index (χ1n) is 17.0. The summed E-state index contributed by atoms with van der Waals surface area (Å²) in [6, 6.07) is 0. The Labute approximate surface area is 239 Å². The Balaban J connectivity index is 3.40. The van der Waals surface area contributed by atoms with E-state index < -0.39 is 0 Å². The standard InChI is InChI=1S/C35H68O3/c1-3-5-7-9-11-13-15-17-19-21-23-25-27-29-31-37-34-35(33-36)38-32-30-28-26-24-22-20-18-16-14-12-10-8-6-4-2/h29-32,35-36H,3-28,33-34H2,1-2H3/b31-29-,32-30-/t35-/m1/s1. The first-order chi connectivity index (χ1) is 18.8. The summed E-state index contributed by atoms with van der Waals surface area (Å²) in [7, 11) is 0. The van der Waals surface area contributed by atoms with Gasteiger partial charge in [0.15, 0.2) is 6.10 Å². The summed E-state index contributed by atoms with van der Waals surface area (Å²) in [6.45, 7) is 4.94. The Morgan fingerprint density at radius 2 is 0.816 bits per heavy atom. The molecule has 0 rings (SSSR count). The van der Waals surface area contributed by atoms with E-state index in [9.17, 15) is 5.11 Å². The van der Waals surface area contributed by atoms with Crippen LogP contribution in [0.1, 0.15) is 181 Å². The maximum Gasteiger partial charge on any atom is 0.154 e. The number of hydrogen-bond donors (Lipinski definition) is 1. The van der Waals surface area contributed by atoms with E-state index in [0.717, 1.165) is 12.8 Å². The van der Waals surface area contributed by atoms with Crippen molar-refractivity contribution in [1.29, 1.82) is 0 Å². The van der Waals surface area contributed by atoms with Crippen LogP contribution >= 0.6 is 0 Å². The van der Waals surface area contributed by atoms with Crippen LogP contribution in [-0.2, 0) is 9.47 Å². The molecule has 0 aromatic heterocycles. The largest absolute Gasteiger partial charge is 0.498 e. The summed E-state index contributed by atoms with van der Waals surface area (Å²) < 4.78 is 11.2. The Bertz CT molecular complexity index is 474. The molecule has 38 heavy (non-hydrogen) atoms. The molecule has 0 radical (unpaired) electrons. The molecule has 1 atom stereocenters. The first kappa shape index (κ1) is 37.0. The van der Waals surface area contributed by atoms with Crippen molar-refractivity contribution in [2.45, 2.75) is 187 Å². The maximum atomic E-state index is 9.50. The predicted molar refractivity (Wildman–Crippen MR) is 168 cm³/mol. The highest BCUT2D eigenvalue weighted by molar-refractivity contribution is 4.77. The van der Waals surface area contributed by atoms with Crippen LogP contribution < -0.4 is 0 Å². The predicted octanol–water partition coefficient (Wildman–Crippen LogP) is 11.6. The summed E-state index contributed by atoms with van der Waals surface area (Å²) in [6.07, 6.45) is 42.7. The van der Waals surface area contributed by atoms with Gasteiger partial charge in [-0.3, -0.25) is 0 Å². The van der Waals surface area contributed by atoms with E-state index in [-0.39, 0.29) is 12.7 Å². The summed E-state index contributed by atoms with van der Waals surface area (Å²) >= 11 is 0. The lowest BCUT2D eigenvalue weighted by Gasteiger charge is -2.13. The van der Waals surface area contributed by atoms with E-state index in [0.29, 0.717) is 6.61 Å². The molecule has 0 spiro atoms. The molecule has 0 saturated heterocycles. The lowest BCUT2D eigenvalue weighted by molar-refractivity contribution is 0.0260. The Morgan fingerprint density at radius 3 is 1.18 bits per heavy atom. The van der Waals surface area contributed by atoms with Gasteiger partial charge in [0.05, 0.1) is 19.1 Å². The van der Waals surface area contributed by atoms with Crippen molar-refractivity contribution >= 4 is 0 Å². The summed E-state index contributed by atoms with van der Waals surface area (Å²) in [4.78, 5) is 0. The fraction of sp³-hybridized carbons (Fsp3) is 0.886. The highest BCUT2D eigenvalue weighted by atomic mass is 16.5. The molecule has 0 aliphatic carbocycles. The number of hydrogen-bond acceptors (Lipinski definition) is 3. The number of unbranched alkanes of at least 4 members (excludes halogenated alkanes) is 24. The molecule has 0 unspecified atom stereocenters. The molecule has 0 heterocycles. The number of aliphatic hydroxyl groups excluding tert-OH is 1. The second kappa shape index (κ2) is 34.1. The van der Waals surface area contributed by atoms with E-state index in [1.807, 2.05) is 0 Å². The second-order valence-electron chi connectivity index (χ2n) is 11.4. The van der Waals surface area contributed by atoms with Crippen molar-refractivity contribution in [3.05, 3.63) is 24.7 Å². The van der Waals surface area contributed by atoms with Gasteiger partial charge in [-0.15, -0.1) is 0 Å². The molecule has 0 aromatic rings. The van der Waals surface area contributed by atoms with Crippen LogP contribution in [0.3, 0.4) is 0 Å². The van der Waals surface area contributed by atoms with Gasteiger partial charge in [-0.1, -0.05) is 155 Å². The molecule has 0 aromatic carbocycles. The van der Waals surface area contributed by atoms with Crippen molar-refractivity contribution in [1.82, 2.24) is 0 Å². The minimum absolute atomic E-state index is 0.0183. The molecule has 1 N–H and O–H groups in total. The number of rotatable bonds is 32. The van der Waals surface area contributed by atoms with Crippen molar-refractivity contribution in [2.75, 3.05) is 13.2 Å². The minimum Gasteiger partial charge on any atom is -0.498 e. The van der Waals surface area contributed by atoms with E-state index in [4.69, 9.17) is 9.47 Å². The quantitative estimate of drug-likeness (QED) is 0.0686. The lowest BCUT2D eigenvalue weighted by atomic mass is 10.0. The van der Waals surface area contributed by atoms with Crippen LogP contribution in [0.25, 0.3) is 0 Å². The fourth-order valence-electron chi connectivity index (χ4n) is 4.88. The van der Waals surface area contributed by atoms with Crippen molar-refractivity contribution in [3.63, 3.8) is 0 Å². The summed E-state index contributed by atoms with van der Waals surface area (Å²) in [5.41, 5.74) is 0. The molecule has 0 amide bonds. The van der Waals surface area contributed by atoms with Crippen LogP contribution in [0.2, 0.25) is 0 Å². The molecule has 3 heteroatoms. The second-order valence-corrected chi connectivity index (χ2v) is 11.4. The average molecular weight is 537 g/mol. The minimum atomic E-state index is -0.287. The molecule has 226 valence electrons. The Morgan fingerprint density at radius 1 is 0.474 bits per heavy atom. The van der Waals surface area contributed by atoms with Crippen LogP contribution in [0.4, 0.5) is 0 Å². The van der Waals surface area contributed by atoms with E-state index in [1.54, 1.807) is 12.5 Å². The van der Waals surface area contributed by atoms with Crippen LogP contribution in [-0.4, -0.2) is 24.4 Å². The molecule has 0 bridgehead atoms. The van der Waals surface area contributed by atoms with Crippen molar-refractivity contribution in [3.8, 4) is 0 Å². The van der Waals surface area contributed by atoms with Gasteiger partial charge in [0.2, 0.25) is 0 Å². The molecular weight excluding hydrogens is 468 g/mol. The van der Waals surface area contributed by atoms with Crippen LogP contribution in [0.5, 0.6) is 0 Å². The van der Waals surface area contributed by atoms with Gasteiger partial charge >= 0.3 is 0 Å². The van der Waals surface area contributed by atoms with Gasteiger partial charge in [-0.25, -0.2) is 0 Å². The van der Waals surface area contributed by atoms with Crippen LogP contribution in [0, 0.1) is 0 Å². The van der Waals surface area contributed by atoms with Gasteiger partial charge in [0.25, 0.3) is 0 Å². The third-order valence-corrected chi connectivity index (χ3v) is 7.49. The van der Waals surface area contributed by atoms with Gasteiger partial charge in [0.1, 0.15) is 6.61 Å². The van der Waals surface area contributed by atoms with Crippen LogP contribution in [0.15, 0.2) is 24.7 Å². The molecular formula is C35H68O3. The first-order valence-corrected chi connectivity index (χ1v) is 17.0. The Kier molecular flexibility index (Phi) is 33.2. The average Bonchev–Trinajstić information content (AvgIpc) is 2.93. The summed E-state index contributed by atoms with van der Waals surface area (Å²) in [5, 5.41) is 9.50. The zero-order chi connectivity index (χ0) is 27.6. The maximum absolute atomic E-state index is 9.50. The van der Waals surface area contributed by atoms with Gasteiger partial charge in [0, 0.05) is 0 Å². The van der Waals surface area contributed by atoms with E-state index >= 15 is 0 Å². The normalized spacial score (nSPS) is 12.6. The molecule has 0 fully saturated rings. The van der Waals surface area contributed by atoms with E-state index in [1.165, 1.54) is 154 Å². The lowest BCUT2D eigenvalue weighted by Crippen LogP contribution is -2.20. The van der Waals surface area contributed by atoms with Gasteiger partial charge < -0.3 is 14.6 Å². The smallest absolute Gasteiger partial charge is 0.154 e. The van der Waals surface area contributed by atoms with Gasteiger partial charge in [-0.05, 0) is 37.8 Å². The topological polar surface area (TPSA) is 38.7 Å². The zero-order valence-electron chi connectivity index (χ0n) is 25.9. The van der Waals surface area contributed by atoms with Crippen molar-refractivity contribution < 1.29 is 14.6 Å². The highest BCUT2D eigenvalue weighted by Gasteiger charge is 2.05. The Hall–Kier alpha value is -0.960. The molecule has 0 aliphatic rings. The van der Waals surface area contributed by atoms with E-state index in [2.05, 4.69) is 26.0 Å². The molecule has 3 nitrogen and oxygen atoms in total. The fourth-order valence-corrected chi connectivity index (χ4v) is 4.88. The zero-order valence-corrected chi connectivity index (χ0v) is 25.9. The summed E-state index contributed by atoms with van der Waals surface area (Å²) in [5.74, 6) is 0. The molecule has 0 saturated carbocycles. The van der Waals surface area contributed by atoms with Gasteiger partial charge in [-0.2, -0.15) is 0 Å². The third-order valence-electron chi connectivity index (χ3n) is 7.49. The van der Waals surface area contributed by atoms with Crippen molar-refractivity contribution in [2.24, 2.45) is 0 Å². The third kappa shape index (κ3) is 31.3. The molecule has 0 aliphatic heterocycles. The number of ether oxygens (including phenoxy) is 2. The highest BCUT2D eigenvalue weighted by Crippen LogP contribution is 2.14. The SMILES string of the molecule is CCCCCCCCCCCCCC/C=C\OC[C@@H](CO)O/C=C\CCCCCCCCCCCCCC. The monoisotopic (exact) mass is 537 g/mol. The number of aliphatic hydroxyl groups is 1. The number of allylic oxidation sites excluding steroid dienone is 2.